The lowest BCUT2D eigenvalue weighted by Crippen LogP contribution is -2.29. The van der Waals surface area contributed by atoms with Crippen molar-refractivity contribution >= 4 is 5.91 Å². The molecule has 0 unspecified atom stereocenters. The zero-order chi connectivity index (χ0) is 11.7. The van der Waals surface area contributed by atoms with E-state index in [1.807, 2.05) is 0 Å². The molecule has 0 heterocycles. The Morgan fingerprint density at radius 3 is 2.27 bits per heavy atom. The summed E-state index contributed by atoms with van der Waals surface area (Å²) >= 11 is 0. The largest absolute Gasteiger partial charge is 0.349 e. The van der Waals surface area contributed by atoms with Gasteiger partial charge >= 0.3 is 0 Å². The highest BCUT2D eigenvalue weighted by molar-refractivity contribution is 5.75. The molecule has 0 saturated heterocycles. The van der Waals surface area contributed by atoms with Gasteiger partial charge in [0.05, 0.1) is 0 Å². The molecule has 15 heavy (non-hydrogen) atoms. The van der Waals surface area contributed by atoms with E-state index in [-0.39, 0.29) is 5.91 Å². The summed E-state index contributed by atoms with van der Waals surface area (Å²) in [4.78, 5) is 15.3. The van der Waals surface area contributed by atoms with Gasteiger partial charge in [-0.05, 0) is 39.0 Å². The van der Waals surface area contributed by atoms with Crippen molar-refractivity contribution < 1.29 is 4.79 Å². The third kappa shape index (κ3) is 7.33. The molecule has 0 aromatic carbocycles. The smallest absolute Gasteiger partial charge is 0.222 e. The van der Waals surface area contributed by atoms with E-state index < -0.39 is 0 Å². The highest BCUT2D eigenvalue weighted by Gasteiger charge is 2.05. The molecule has 0 atom stereocenters. The molecule has 90 valence electrons. The Balaban J connectivity index is 3.58. The van der Waals surface area contributed by atoms with E-state index >= 15 is 0 Å². The molecule has 0 fully saturated rings. The number of carbonyl (C=O) groups is 1. The van der Waals surface area contributed by atoms with Gasteiger partial charge in [0.2, 0.25) is 5.91 Å². The second-order valence-electron chi connectivity index (χ2n) is 3.97. The summed E-state index contributed by atoms with van der Waals surface area (Å²) in [6.07, 6.45) is 2.62. The predicted octanol–water partition coefficient (Wildman–Crippen LogP) is 0.526. The van der Waals surface area contributed by atoms with Gasteiger partial charge in [-0.15, -0.1) is 0 Å². The summed E-state index contributed by atoms with van der Waals surface area (Å²) in [5, 5.41) is 0. The van der Waals surface area contributed by atoms with E-state index in [0.717, 1.165) is 39.0 Å². The lowest BCUT2D eigenvalue weighted by atomic mass is 10.2. The zero-order valence-corrected chi connectivity index (χ0v) is 10.3. The van der Waals surface area contributed by atoms with Crippen LogP contribution < -0.4 is 5.73 Å². The highest BCUT2D eigenvalue weighted by Crippen LogP contribution is 1.98. The summed E-state index contributed by atoms with van der Waals surface area (Å²) in [6, 6.07) is 0. The highest BCUT2D eigenvalue weighted by atomic mass is 16.2. The van der Waals surface area contributed by atoms with Crippen LogP contribution in [0.1, 0.15) is 26.2 Å². The first kappa shape index (κ1) is 14.4. The lowest BCUT2D eigenvalue weighted by molar-refractivity contribution is -0.128. The molecular weight excluding hydrogens is 190 g/mol. The molecule has 0 aliphatic carbocycles. The van der Waals surface area contributed by atoms with Crippen LogP contribution in [0.2, 0.25) is 0 Å². The average Bonchev–Trinajstić information content (AvgIpc) is 2.22. The van der Waals surface area contributed by atoms with Crippen molar-refractivity contribution in [3.05, 3.63) is 0 Å². The molecule has 0 aromatic rings. The number of nitrogens with zero attached hydrogens (tertiary/aromatic N) is 2. The van der Waals surface area contributed by atoms with Crippen LogP contribution in [-0.2, 0) is 4.79 Å². The van der Waals surface area contributed by atoms with E-state index in [1.54, 1.807) is 19.0 Å². The fraction of sp³-hybridized carbons (Fsp3) is 0.909. The maximum absolute atomic E-state index is 11.3. The molecule has 4 nitrogen and oxygen atoms in total. The zero-order valence-electron chi connectivity index (χ0n) is 10.3. The molecule has 0 saturated carbocycles. The van der Waals surface area contributed by atoms with Gasteiger partial charge in [-0.3, -0.25) is 4.79 Å². The van der Waals surface area contributed by atoms with Crippen LogP contribution in [0.25, 0.3) is 0 Å². The molecule has 0 bridgehead atoms. The van der Waals surface area contributed by atoms with Gasteiger partial charge in [0.15, 0.2) is 0 Å². The van der Waals surface area contributed by atoms with Crippen LogP contribution in [0.5, 0.6) is 0 Å². The number of carbonyl (C=O) groups excluding carboxylic acids is 1. The van der Waals surface area contributed by atoms with Gasteiger partial charge in [0.25, 0.3) is 0 Å². The van der Waals surface area contributed by atoms with E-state index in [4.69, 9.17) is 5.73 Å². The third-order valence-corrected chi connectivity index (χ3v) is 2.49. The molecular formula is C11H25N3O. The standard InChI is InChI=1S/C11H25N3O/c1-4-14(10-6-8-12)9-5-7-11(15)13(2)3/h4-10,12H2,1-3H3. The first-order valence-electron chi connectivity index (χ1n) is 5.74. The normalized spacial score (nSPS) is 10.7. The van der Waals surface area contributed by atoms with Crippen molar-refractivity contribution in [1.29, 1.82) is 0 Å². The summed E-state index contributed by atoms with van der Waals surface area (Å²) in [6.45, 7) is 5.97. The maximum atomic E-state index is 11.3. The molecule has 2 N–H and O–H groups in total. The van der Waals surface area contributed by atoms with E-state index in [2.05, 4.69) is 11.8 Å². The topological polar surface area (TPSA) is 49.6 Å². The Kier molecular flexibility index (Phi) is 8.33. The van der Waals surface area contributed by atoms with E-state index in [1.165, 1.54) is 0 Å². The predicted molar refractivity (Wildman–Crippen MR) is 63.7 cm³/mol. The third-order valence-electron chi connectivity index (χ3n) is 2.49. The SMILES string of the molecule is CCN(CCCN)CCCC(=O)N(C)C. The summed E-state index contributed by atoms with van der Waals surface area (Å²) < 4.78 is 0. The van der Waals surface area contributed by atoms with Crippen molar-refractivity contribution in [1.82, 2.24) is 9.80 Å². The Morgan fingerprint density at radius 2 is 1.80 bits per heavy atom. The number of hydrogen-bond acceptors (Lipinski definition) is 3. The second-order valence-corrected chi connectivity index (χ2v) is 3.97. The molecule has 0 spiro atoms. The summed E-state index contributed by atoms with van der Waals surface area (Å²) in [5.41, 5.74) is 5.46. The molecule has 0 aliphatic heterocycles. The molecule has 1 amide bonds. The number of hydrogen-bond donors (Lipinski definition) is 1. The fourth-order valence-electron chi connectivity index (χ4n) is 1.42. The monoisotopic (exact) mass is 215 g/mol. The van der Waals surface area contributed by atoms with Gasteiger partial charge in [-0.2, -0.15) is 0 Å². The number of rotatable bonds is 8. The quantitative estimate of drug-likeness (QED) is 0.642. The van der Waals surface area contributed by atoms with Crippen molar-refractivity contribution in [3.8, 4) is 0 Å². The van der Waals surface area contributed by atoms with Crippen LogP contribution in [0.15, 0.2) is 0 Å². The minimum atomic E-state index is 0.213. The number of nitrogens with two attached hydrogens (primary N) is 1. The molecule has 0 rings (SSSR count). The fourth-order valence-corrected chi connectivity index (χ4v) is 1.42. The Labute approximate surface area is 93.4 Å². The van der Waals surface area contributed by atoms with Crippen molar-refractivity contribution in [2.75, 3.05) is 40.3 Å². The maximum Gasteiger partial charge on any atom is 0.222 e. The van der Waals surface area contributed by atoms with Crippen molar-refractivity contribution in [2.45, 2.75) is 26.2 Å². The molecule has 4 heteroatoms. The van der Waals surface area contributed by atoms with Gasteiger partial charge < -0.3 is 15.5 Å². The number of amides is 1. The minimum absolute atomic E-state index is 0.213. The van der Waals surface area contributed by atoms with Gasteiger partial charge in [0.1, 0.15) is 0 Å². The molecule has 0 radical (unpaired) electrons. The second kappa shape index (κ2) is 8.68. The van der Waals surface area contributed by atoms with Crippen molar-refractivity contribution in [2.24, 2.45) is 5.73 Å². The minimum Gasteiger partial charge on any atom is -0.349 e. The first-order valence-corrected chi connectivity index (χ1v) is 5.74. The van der Waals surface area contributed by atoms with Gasteiger partial charge in [-0.1, -0.05) is 6.92 Å². The Bertz CT molecular complexity index is 171. The average molecular weight is 215 g/mol. The first-order chi connectivity index (χ1) is 7.11. The van der Waals surface area contributed by atoms with Gasteiger partial charge in [0, 0.05) is 20.5 Å². The van der Waals surface area contributed by atoms with Crippen LogP contribution in [0, 0.1) is 0 Å². The lowest BCUT2D eigenvalue weighted by Gasteiger charge is -2.20. The van der Waals surface area contributed by atoms with Gasteiger partial charge in [-0.25, -0.2) is 0 Å². The molecule has 0 aromatic heterocycles. The van der Waals surface area contributed by atoms with E-state index in [9.17, 15) is 4.79 Å². The van der Waals surface area contributed by atoms with Crippen LogP contribution in [0.4, 0.5) is 0 Å². The summed E-state index contributed by atoms with van der Waals surface area (Å²) in [7, 11) is 3.60. The Morgan fingerprint density at radius 1 is 1.20 bits per heavy atom. The van der Waals surface area contributed by atoms with Crippen LogP contribution in [-0.4, -0.2) is 56.0 Å². The van der Waals surface area contributed by atoms with Crippen molar-refractivity contribution in [3.63, 3.8) is 0 Å². The van der Waals surface area contributed by atoms with Crippen LogP contribution in [0.3, 0.4) is 0 Å². The molecule has 0 aliphatic rings. The Hall–Kier alpha value is -0.610. The summed E-state index contributed by atoms with van der Waals surface area (Å²) in [5.74, 6) is 0.213. The van der Waals surface area contributed by atoms with Crippen LogP contribution >= 0.6 is 0 Å². The van der Waals surface area contributed by atoms with E-state index in [0.29, 0.717) is 6.42 Å².